The number of hydrogen-bond donors (Lipinski definition) is 2. The number of aliphatic carboxylic acids is 1. The Morgan fingerprint density at radius 2 is 2.46 bits per heavy atom. The van der Waals surface area contributed by atoms with E-state index < -0.39 is 17.6 Å². The first-order chi connectivity index (χ1) is 5.98. The molecule has 0 bridgehead atoms. The van der Waals surface area contributed by atoms with Gasteiger partial charge in [0.1, 0.15) is 6.04 Å². The lowest BCUT2D eigenvalue weighted by Crippen LogP contribution is -2.48. The van der Waals surface area contributed by atoms with Gasteiger partial charge >= 0.3 is 5.97 Å². The van der Waals surface area contributed by atoms with Crippen molar-refractivity contribution in [1.29, 1.82) is 0 Å². The van der Waals surface area contributed by atoms with Crippen LogP contribution in [0.3, 0.4) is 0 Å². The Morgan fingerprint density at radius 1 is 1.85 bits per heavy atom. The molecule has 0 unspecified atom stereocenters. The van der Waals surface area contributed by atoms with Crippen molar-refractivity contribution in [1.82, 2.24) is 4.90 Å². The fourth-order valence-electron chi connectivity index (χ4n) is 1.29. The maximum atomic E-state index is 10.8. The first kappa shape index (κ1) is 9.98. The van der Waals surface area contributed by atoms with E-state index in [1.165, 1.54) is 6.34 Å². The third kappa shape index (κ3) is 1.98. The van der Waals surface area contributed by atoms with E-state index in [-0.39, 0.29) is 6.61 Å². The molecule has 0 aromatic rings. The molecule has 0 spiro atoms. The molecule has 74 valence electrons. The van der Waals surface area contributed by atoms with Crippen LogP contribution in [0.15, 0.2) is 4.99 Å². The monoisotopic (exact) mass is 186 g/mol. The Balaban J connectivity index is 2.82. The second-order valence-corrected chi connectivity index (χ2v) is 3.62. The number of hydrogen-bond acceptors (Lipinski definition) is 4. The van der Waals surface area contributed by atoms with Crippen molar-refractivity contribution in [3.05, 3.63) is 0 Å². The van der Waals surface area contributed by atoms with Gasteiger partial charge in [0.15, 0.2) is 0 Å². The van der Waals surface area contributed by atoms with Gasteiger partial charge in [-0.1, -0.05) is 0 Å². The van der Waals surface area contributed by atoms with Gasteiger partial charge in [0, 0.05) is 13.5 Å². The summed E-state index contributed by atoms with van der Waals surface area (Å²) in [6.45, 7) is 1.62. The van der Waals surface area contributed by atoms with Crippen LogP contribution in [-0.4, -0.2) is 52.7 Å². The molecule has 0 saturated heterocycles. The van der Waals surface area contributed by atoms with Crippen LogP contribution in [0.2, 0.25) is 0 Å². The number of nitrogens with zero attached hydrogens (tertiary/aromatic N) is 2. The highest BCUT2D eigenvalue weighted by Crippen LogP contribution is 2.22. The Morgan fingerprint density at radius 3 is 2.92 bits per heavy atom. The van der Waals surface area contributed by atoms with E-state index in [1.807, 2.05) is 0 Å². The molecule has 0 fully saturated rings. The van der Waals surface area contributed by atoms with Crippen molar-refractivity contribution in [2.45, 2.75) is 24.9 Å². The van der Waals surface area contributed by atoms with E-state index in [0.717, 1.165) is 0 Å². The minimum absolute atomic E-state index is 0.124. The standard InChI is InChI=1S/C8H14N2O3/c1-8(4-11)3-6(7(12)13)10(2)5-9-8/h5-6,11H,3-4H2,1-2H3,(H,12,13)/t6-,8-/m1/s1. The lowest BCUT2D eigenvalue weighted by molar-refractivity contribution is -0.142. The van der Waals surface area contributed by atoms with Crippen molar-refractivity contribution in [3.8, 4) is 0 Å². The van der Waals surface area contributed by atoms with E-state index >= 15 is 0 Å². The van der Waals surface area contributed by atoms with Gasteiger partial charge in [0.05, 0.1) is 18.5 Å². The summed E-state index contributed by atoms with van der Waals surface area (Å²) in [5, 5.41) is 17.9. The van der Waals surface area contributed by atoms with Gasteiger partial charge in [-0.3, -0.25) is 4.99 Å². The number of carbonyl (C=O) groups is 1. The summed E-state index contributed by atoms with van der Waals surface area (Å²) in [5.74, 6) is -0.881. The summed E-state index contributed by atoms with van der Waals surface area (Å²) in [7, 11) is 1.67. The van der Waals surface area contributed by atoms with E-state index in [1.54, 1.807) is 18.9 Å². The number of likely N-dealkylation sites (N-methyl/N-ethyl adjacent to an activating group) is 1. The van der Waals surface area contributed by atoms with Gasteiger partial charge in [0.25, 0.3) is 0 Å². The molecular weight excluding hydrogens is 172 g/mol. The molecule has 0 radical (unpaired) electrons. The Bertz CT molecular complexity index is 242. The number of carboxylic acids is 1. The third-order valence-corrected chi connectivity index (χ3v) is 2.30. The van der Waals surface area contributed by atoms with Gasteiger partial charge in [-0.2, -0.15) is 0 Å². The Kier molecular flexibility index (Phi) is 2.56. The number of carboxylic acid groups (broad SMARTS) is 1. The predicted octanol–water partition coefficient (Wildman–Crippen LogP) is -0.446. The maximum Gasteiger partial charge on any atom is 0.326 e. The van der Waals surface area contributed by atoms with Crippen LogP contribution in [0.5, 0.6) is 0 Å². The van der Waals surface area contributed by atoms with Gasteiger partial charge in [-0.15, -0.1) is 0 Å². The average Bonchev–Trinajstić information content (AvgIpc) is 2.09. The van der Waals surface area contributed by atoms with Crippen molar-refractivity contribution in [3.63, 3.8) is 0 Å². The molecule has 0 aromatic heterocycles. The molecule has 1 rings (SSSR count). The molecule has 0 amide bonds. The van der Waals surface area contributed by atoms with Crippen LogP contribution in [-0.2, 0) is 4.79 Å². The molecular formula is C8H14N2O3. The molecule has 13 heavy (non-hydrogen) atoms. The molecule has 2 N–H and O–H groups in total. The number of aliphatic hydroxyl groups is 1. The Labute approximate surface area is 76.7 Å². The molecule has 5 nitrogen and oxygen atoms in total. The quantitative estimate of drug-likeness (QED) is 0.613. The highest BCUT2D eigenvalue weighted by Gasteiger charge is 2.35. The number of rotatable bonds is 2. The summed E-state index contributed by atoms with van der Waals surface area (Å²) in [6.07, 6.45) is 1.81. The van der Waals surface area contributed by atoms with E-state index in [0.29, 0.717) is 6.42 Å². The predicted molar refractivity (Wildman–Crippen MR) is 47.8 cm³/mol. The topological polar surface area (TPSA) is 73.1 Å². The largest absolute Gasteiger partial charge is 0.480 e. The van der Waals surface area contributed by atoms with Crippen LogP contribution in [0.1, 0.15) is 13.3 Å². The van der Waals surface area contributed by atoms with Gasteiger partial charge < -0.3 is 15.1 Å². The van der Waals surface area contributed by atoms with Crippen LogP contribution < -0.4 is 0 Å². The first-order valence-electron chi connectivity index (χ1n) is 4.09. The summed E-state index contributed by atoms with van der Waals surface area (Å²) in [6, 6.07) is -0.588. The van der Waals surface area contributed by atoms with Crippen LogP contribution in [0.4, 0.5) is 0 Å². The number of aliphatic hydroxyl groups excluding tert-OH is 1. The summed E-state index contributed by atoms with van der Waals surface area (Å²) in [5.41, 5.74) is -0.643. The summed E-state index contributed by atoms with van der Waals surface area (Å²) < 4.78 is 0. The van der Waals surface area contributed by atoms with E-state index in [2.05, 4.69) is 4.99 Å². The van der Waals surface area contributed by atoms with Crippen LogP contribution in [0.25, 0.3) is 0 Å². The second-order valence-electron chi connectivity index (χ2n) is 3.62. The van der Waals surface area contributed by atoms with E-state index in [4.69, 9.17) is 10.2 Å². The summed E-state index contributed by atoms with van der Waals surface area (Å²) >= 11 is 0. The Hall–Kier alpha value is -1.10. The molecule has 0 aliphatic carbocycles. The highest BCUT2D eigenvalue weighted by molar-refractivity contribution is 5.78. The smallest absolute Gasteiger partial charge is 0.326 e. The molecule has 5 heteroatoms. The van der Waals surface area contributed by atoms with Crippen LogP contribution >= 0.6 is 0 Å². The van der Waals surface area contributed by atoms with Crippen molar-refractivity contribution in [2.24, 2.45) is 4.99 Å². The van der Waals surface area contributed by atoms with Crippen molar-refractivity contribution in [2.75, 3.05) is 13.7 Å². The lowest BCUT2D eigenvalue weighted by atomic mass is 9.92. The lowest BCUT2D eigenvalue weighted by Gasteiger charge is -2.35. The van der Waals surface area contributed by atoms with Crippen molar-refractivity contribution < 1.29 is 15.0 Å². The minimum atomic E-state index is -0.881. The SMILES string of the molecule is CN1C=N[C@@](C)(CO)C[C@@H]1C(=O)O. The average molecular weight is 186 g/mol. The number of aliphatic imine (C=N–C) groups is 1. The third-order valence-electron chi connectivity index (χ3n) is 2.30. The molecule has 1 aliphatic heterocycles. The highest BCUT2D eigenvalue weighted by atomic mass is 16.4. The van der Waals surface area contributed by atoms with E-state index in [9.17, 15) is 4.79 Å². The second kappa shape index (κ2) is 3.33. The van der Waals surface area contributed by atoms with Gasteiger partial charge in [-0.25, -0.2) is 4.79 Å². The van der Waals surface area contributed by atoms with Gasteiger partial charge in [-0.05, 0) is 6.92 Å². The zero-order chi connectivity index (χ0) is 10.1. The fraction of sp³-hybridized carbons (Fsp3) is 0.750. The van der Waals surface area contributed by atoms with Gasteiger partial charge in [0.2, 0.25) is 0 Å². The molecule has 1 aliphatic rings. The normalized spacial score (nSPS) is 33.5. The van der Waals surface area contributed by atoms with Crippen LogP contribution in [0, 0.1) is 0 Å². The van der Waals surface area contributed by atoms with Crippen molar-refractivity contribution >= 4 is 12.3 Å². The molecule has 1 heterocycles. The maximum absolute atomic E-state index is 10.8. The summed E-state index contributed by atoms with van der Waals surface area (Å²) in [4.78, 5) is 16.4. The molecule has 0 aromatic carbocycles. The zero-order valence-electron chi connectivity index (χ0n) is 7.77. The fourth-order valence-corrected chi connectivity index (χ4v) is 1.29. The molecule has 2 atom stereocenters. The minimum Gasteiger partial charge on any atom is -0.480 e. The zero-order valence-corrected chi connectivity index (χ0v) is 7.77. The molecule has 0 saturated carbocycles. The first-order valence-corrected chi connectivity index (χ1v) is 4.09.